The molecule has 5 nitrogen and oxygen atoms in total. The van der Waals surface area contributed by atoms with Crippen LogP contribution >= 0.6 is 0 Å². The molecule has 0 aliphatic carbocycles. The van der Waals surface area contributed by atoms with Crippen molar-refractivity contribution in [3.63, 3.8) is 0 Å². The van der Waals surface area contributed by atoms with Crippen LogP contribution in [0.3, 0.4) is 0 Å². The summed E-state index contributed by atoms with van der Waals surface area (Å²) in [5.41, 5.74) is 0. The molecule has 84 valence electrons. The number of Topliss-reactive ketones (excluding diaryl/α,β-unsaturated/α-hetero) is 1. The number of aromatic nitrogens is 2. The summed E-state index contributed by atoms with van der Waals surface area (Å²) in [5.74, 6) is 2.58. The molecule has 0 amide bonds. The normalized spacial score (nSPS) is 11.5. The van der Waals surface area contributed by atoms with Crippen molar-refractivity contribution in [2.75, 3.05) is 6.61 Å². The van der Waals surface area contributed by atoms with Crippen molar-refractivity contribution in [1.29, 1.82) is 0 Å². The van der Waals surface area contributed by atoms with Gasteiger partial charge in [-0.2, -0.15) is 0 Å². The second-order valence-electron chi connectivity index (χ2n) is 3.24. The molecule has 0 aliphatic rings. The number of terminal acetylenes is 1. The lowest BCUT2D eigenvalue weighted by Gasteiger charge is -2.07. The van der Waals surface area contributed by atoms with E-state index < -0.39 is 6.04 Å². The van der Waals surface area contributed by atoms with Crippen molar-refractivity contribution >= 4 is 12.1 Å². The molecule has 1 atom stereocenters. The van der Waals surface area contributed by atoms with Crippen molar-refractivity contribution in [2.45, 2.75) is 19.4 Å². The minimum atomic E-state index is -0.583. The van der Waals surface area contributed by atoms with Gasteiger partial charge in [0.15, 0.2) is 6.61 Å². The standard InChI is InChI=1S/C11H12N2O3/c1-3-6-16-11-4-5-13(12-11)10(8-14)7-9(2)15/h1,4-5,8,10H,6-7H2,2H3. The van der Waals surface area contributed by atoms with E-state index in [1.807, 2.05) is 0 Å². The number of hydrogen-bond donors (Lipinski definition) is 0. The van der Waals surface area contributed by atoms with E-state index in [-0.39, 0.29) is 18.8 Å². The van der Waals surface area contributed by atoms with Gasteiger partial charge in [0.2, 0.25) is 5.88 Å². The Labute approximate surface area is 93.4 Å². The van der Waals surface area contributed by atoms with Crippen LogP contribution in [0.4, 0.5) is 0 Å². The molecule has 1 aromatic heterocycles. The highest BCUT2D eigenvalue weighted by Gasteiger charge is 2.13. The number of nitrogens with zero attached hydrogens (tertiary/aromatic N) is 2. The van der Waals surface area contributed by atoms with Crippen LogP contribution in [0.1, 0.15) is 19.4 Å². The summed E-state index contributed by atoms with van der Waals surface area (Å²) in [4.78, 5) is 21.7. The molecule has 1 aromatic rings. The second-order valence-corrected chi connectivity index (χ2v) is 3.24. The van der Waals surface area contributed by atoms with E-state index in [9.17, 15) is 9.59 Å². The van der Waals surface area contributed by atoms with Gasteiger partial charge in [-0.05, 0) is 6.92 Å². The fourth-order valence-electron chi connectivity index (χ4n) is 1.20. The van der Waals surface area contributed by atoms with E-state index >= 15 is 0 Å². The van der Waals surface area contributed by atoms with Crippen LogP contribution < -0.4 is 4.74 Å². The van der Waals surface area contributed by atoms with E-state index in [1.165, 1.54) is 11.6 Å². The van der Waals surface area contributed by atoms with Gasteiger partial charge in [0.1, 0.15) is 18.1 Å². The highest BCUT2D eigenvalue weighted by molar-refractivity contribution is 5.79. The predicted molar refractivity (Wildman–Crippen MR) is 57.0 cm³/mol. The van der Waals surface area contributed by atoms with Gasteiger partial charge in [-0.3, -0.25) is 9.48 Å². The van der Waals surface area contributed by atoms with Gasteiger partial charge in [-0.15, -0.1) is 11.5 Å². The second kappa shape index (κ2) is 5.71. The molecule has 0 aromatic carbocycles. The first-order valence-corrected chi connectivity index (χ1v) is 4.73. The third-order valence-electron chi connectivity index (χ3n) is 1.88. The van der Waals surface area contributed by atoms with Gasteiger partial charge in [-0.25, -0.2) is 0 Å². The van der Waals surface area contributed by atoms with Crippen LogP contribution in [-0.2, 0) is 9.59 Å². The minimum absolute atomic E-state index is 0.0707. The zero-order valence-corrected chi connectivity index (χ0v) is 8.92. The lowest BCUT2D eigenvalue weighted by molar-refractivity contribution is -0.121. The minimum Gasteiger partial charge on any atom is -0.463 e. The van der Waals surface area contributed by atoms with Crippen molar-refractivity contribution in [3.05, 3.63) is 12.3 Å². The van der Waals surface area contributed by atoms with E-state index in [0.29, 0.717) is 12.2 Å². The molecular formula is C11H12N2O3. The Bertz CT molecular complexity index is 417. The van der Waals surface area contributed by atoms with Crippen LogP contribution in [0, 0.1) is 12.3 Å². The molecule has 1 unspecified atom stereocenters. The molecule has 1 heterocycles. The average molecular weight is 220 g/mol. The predicted octanol–water partition coefficient (Wildman–Crippen LogP) is 0.614. The third-order valence-corrected chi connectivity index (χ3v) is 1.88. The molecule has 0 N–H and O–H groups in total. The van der Waals surface area contributed by atoms with Gasteiger partial charge in [-0.1, -0.05) is 5.92 Å². The number of hydrogen-bond acceptors (Lipinski definition) is 4. The highest BCUT2D eigenvalue weighted by atomic mass is 16.5. The van der Waals surface area contributed by atoms with E-state index in [0.717, 1.165) is 0 Å². The number of carbonyl (C=O) groups excluding carboxylic acids is 2. The molecule has 0 fully saturated rings. The molecule has 0 saturated carbocycles. The van der Waals surface area contributed by atoms with Gasteiger partial charge < -0.3 is 9.53 Å². The maximum atomic E-state index is 10.9. The number of ketones is 1. The first kappa shape index (κ1) is 12.0. The summed E-state index contributed by atoms with van der Waals surface area (Å²) in [6.07, 6.45) is 7.41. The van der Waals surface area contributed by atoms with Crippen LogP contribution in [0.15, 0.2) is 12.3 Å². The molecule has 5 heteroatoms. The third kappa shape index (κ3) is 3.24. The van der Waals surface area contributed by atoms with Gasteiger partial charge >= 0.3 is 0 Å². The fraction of sp³-hybridized carbons (Fsp3) is 0.364. The first-order valence-electron chi connectivity index (χ1n) is 4.73. The summed E-state index contributed by atoms with van der Waals surface area (Å²) < 4.78 is 6.46. The van der Waals surface area contributed by atoms with Gasteiger partial charge in [0.25, 0.3) is 0 Å². The summed E-state index contributed by atoms with van der Waals surface area (Å²) in [6, 6.07) is 1.01. The highest BCUT2D eigenvalue weighted by Crippen LogP contribution is 2.12. The lowest BCUT2D eigenvalue weighted by Crippen LogP contribution is -2.14. The molecule has 1 rings (SSSR count). The Morgan fingerprint density at radius 3 is 3.12 bits per heavy atom. The average Bonchev–Trinajstić information content (AvgIpc) is 2.71. The quantitative estimate of drug-likeness (QED) is 0.520. The Hall–Kier alpha value is -2.09. The van der Waals surface area contributed by atoms with Crippen molar-refractivity contribution in [3.8, 4) is 18.2 Å². The first-order chi connectivity index (χ1) is 7.67. The Morgan fingerprint density at radius 1 is 1.81 bits per heavy atom. The molecule has 0 radical (unpaired) electrons. The van der Waals surface area contributed by atoms with E-state index in [1.54, 1.807) is 12.3 Å². The van der Waals surface area contributed by atoms with Crippen molar-refractivity contribution < 1.29 is 14.3 Å². The van der Waals surface area contributed by atoms with Gasteiger partial charge in [0, 0.05) is 18.7 Å². The van der Waals surface area contributed by atoms with Crippen LogP contribution in [0.25, 0.3) is 0 Å². The van der Waals surface area contributed by atoms with Crippen LogP contribution in [-0.4, -0.2) is 28.5 Å². The van der Waals surface area contributed by atoms with E-state index in [2.05, 4.69) is 11.0 Å². The molecule has 0 spiro atoms. The number of aldehydes is 1. The maximum absolute atomic E-state index is 10.9. The summed E-state index contributed by atoms with van der Waals surface area (Å²) in [7, 11) is 0. The summed E-state index contributed by atoms with van der Waals surface area (Å²) in [5, 5.41) is 3.99. The molecule has 16 heavy (non-hydrogen) atoms. The monoisotopic (exact) mass is 220 g/mol. The Morgan fingerprint density at radius 2 is 2.56 bits per heavy atom. The number of ether oxygens (including phenoxy) is 1. The van der Waals surface area contributed by atoms with Gasteiger partial charge in [0.05, 0.1) is 0 Å². The SMILES string of the molecule is C#CCOc1ccn(C(C=O)CC(C)=O)n1. The maximum Gasteiger partial charge on any atom is 0.233 e. The number of rotatable bonds is 6. The Kier molecular flexibility index (Phi) is 4.28. The molecule has 0 saturated heterocycles. The van der Waals surface area contributed by atoms with Crippen LogP contribution in [0.5, 0.6) is 5.88 Å². The van der Waals surface area contributed by atoms with Crippen molar-refractivity contribution in [2.24, 2.45) is 0 Å². The summed E-state index contributed by atoms with van der Waals surface area (Å²) >= 11 is 0. The van der Waals surface area contributed by atoms with Crippen molar-refractivity contribution in [1.82, 2.24) is 9.78 Å². The summed E-state index contributed by atoms with van der Waals surface area (Å²) in [6.45, 7) is 1.55. The zero-order valence-electron chi connectivity index (χ0n) is 8.92. The fourth-order valence-corrected chi connectivity index (χ4v) is 1.20. The number of carbonyl (C=O) groups is 2. The van der Waals surface area contributed by atoms with E-state index in [4.69, 9.17) is 11.2 Å². The lowest BCUT2D eigenvalue weighted by atomic mass is 10.2. The zero-order chi connectivity index (χ0) is 12.0. The molecule has 0 bridgehead atoms. The largest absolute Gasteiger partial charge is 0.463 e. The smallest absolute Gasteiger partial charge is 0.233 e. The molecular weight excluding hydrogens is 208 g/mol. The van der Waals surface area contributed by atoms with Crippen LogP contribution in [0.2, 0.25) is 0 Å². The molecule has 0 aliphatic heterocycles. The Balaban J connectivity index is 2.71. The topological polar surface area (TPSA) is 61.2 Å².